The van der Waals surface area contributed by atoms with Gasteiger partial charge in [-0.1, -0.05) is 18.2 Å². The molecule has 2 heterocycles. The van der Waals surface area contributed by atoms with Crippen molar-refractivity contribution in [3.05, 3.63) is 29.8 Å². The Kier molecular flexibility index (Phi) is 4.37. The molecule has 0 aliphatic carbocycles. The molecule has 2 aliphatic heterocycles. The van der Waals surface area contributed by atoms with E-state index in [1.165, 1.54) is 0 Å². The van der Waals surface area contributed by atoms with Crippen molar-refractivity contribution in [2.45, 2.75) is 24.9 Å². The van der Waals surface area contributed by atoms with Crippen LogP contribution in [-0.2, 0) is 24.5 Å². The number of carbonyl (C=O) groups is 2. The maximum Gasteiger partial charge on any atom is 0.249 e. The van der Waals surface area contributed by atoms with E-state index in [1.807, 2.05) is 24.3 Å². The molecule has 2 unspecified atom stereocenters. The molecule has 2 aliphatic rings. The maximum absolute atomic E-state index is 12.2. The van der Waals surface area contributed by atoms with Crippen molar-refractivity contribution in [2.75, 3.05) is 38.3 Å². The number of benzene rings is 1. The van der Waals surface area contributed by atoms with Gasteiger partial charge in [0.2, 0.25) is 11.8 Å². The zero-order valence-corrected chi connectivity index (χ0v) is 13.5. The van der Waals surface area contributed by atoms with Gasteiger partial charge in [0.25, 0.3) is 0 Å². The highest BCUT2D eigenvalue weighted by atomic mass is 16.5. The summed E-state index contributed by atoms with van der Waals surface area (Å²) in [6.07, 6.45) is 0.110. The Labute approximate surface area is 135 Å². The second-order valence-electron chi connectivity index (χ2n) is 6.19. The summed E-state index contributed by atoms with van der Waals surface area (Å²) in [6, 6.07) is 7.89. The highest BCUT2D eigenvalue weighted by molar-refractivity contribution is 5.95. The number of para-hydroxylation sites is 1. The number of fused-ring (bicyclic) bond motifs is 2. The number of methoxy groups -OCH3 is 1. The molecule has 124 valence electrons. The summed E-state index contributed by atoms with van der Waals surface area (Å²) < 4.78 is 10.7. The number of hydrogen-bond donors (Lipinski definition) is 1. The number of anilines is 1. The van der Waals surface area contributed by atoms with E-state index in [0.29, 0.717) is 32.7 Å². The average molecular weight is 318 g/mol. The molecule has 0 bridgehead atoms. The van der Waals surface area contributed by atoms with Crippen molar-refractivity contribution < 1.29 is 19.1 Å². The van der Waals surface area contributed by atoms with Crippen LogP contribution in [-0.4, -0.2) is 51.3 Å². The highest BCUT2D eigenvalue weighted by Gasteiger charge is 2.51. The van der Waals surface area contributed by atoms with Crippen LogP contribution in [0.3, 0.4) is 0 Å². The van der Waals surface area contributed by atoms with Gasteiger partial charge in [0.05, 0.1) is 13.2 Å². The summed E-state index contributed by atoms with van der Waals surface area (Å²) in [4.78, 5) is 25.9. The monoisotopic (exact) mass is 318 g/mol. The van der Waals surface area contributed by atoms with Crippen LogP contribution in [0.25, 0.3) is 0 Å². The molecular weight excluding hydrogens is 296 g/mol. The van der Waals surface area contributed by atoms with Gasteiger partial charge in [-0.3, -0.25) is 9.59 Å². The Hall–Kier alpha value is -1.92. The molecule has 6 nitrogen and oxygen atoms in total. The van der Waals surface area contributed by atoms with Crippen LogP contribution in [0.5, 0.6) is 0 Å². The van der Waals surface area contributed by atoms with E-state index in [2.05, 4.69) is 5.32 Å². The molecule has 23 heavy (non-hydrogen) atoms. The fourth-order valence-corrected chi connectivity index (χ4v) is 3.50. The van der Waals surface area contributed by atoms with Crippen LogP contribution in [0.1, 0.15) is 18.9 Å². The second-order valence-corrected chi connectivity index (χ2v) is 6.19. The van der Waals surface area contributed by atoms with E-state index in [1.54, 1.807) is 18.9 Å². The molecule has 0 aromatic heterocycles. The molecule has 1 aromatic rings. The summed E-state index contributed by atoms with van der Waals surface area (Å²) in [5.41, 5.74) is 1.75. The minimum Gasteiger partial charge on any atom is -0.383 e. The minimum atomic E-state index is -0.480. The van der Waals surface area contributed by atoms with Gasteiger partial charge < -0.3 is 19.7 Å². The number of nitrogens with one attached hydrogen (secondary N) is 1. The van der Waals surface area contributed by atoms with Crippen LogP contribution >= 0.6 is 0 Å². The third-order valence-corrected chi connectivity index (χ3v) is 4.64. The second kappa shape index (κ2) is 6.29. The number of amides is 2. The van der Waals surface area contributed by atoms with Gasteiger partial charge in [-0.2, -0.15) is 0 Å². The molecule has 6 heteroatoms. The van der Waals surface area contributed by atoms with E-state index >= 15 is 0 Å². The van der Waals surface area contributed by atoms with E-state index in [-0.39, 0.29) is 17.2 Å². The van der Waals surface area contributed by atoms with E-state index in [0.717, 1.165) is 11.3 Å². The van der Waals surface area contributed by atoms with Gasteiger partial charge in [-0.15, -0.1) is 0 Å². The SMILES string of the molecule is COCCNC(=O)C1CC2(CO1)CN(C(C)=O)c1ccccc12. The molecule has 1 saturated heterocycles. The Balaban J connectivity index is 1.77. The molecule has 2 amide bonds. The first kappa shape index (κ1) is 16.0. The van der Waals surface area contributed by atoms with E-state index in [9.17, 15) is 9.59 Å². The first-order chi connectivity index (χ1) is 11.1. The fourth-order valence-electron chi connectivity index (χ4n) is 3.50. The van der Waals surface area contributed by atoms with Gasteiger partial charge in [-0.05, 0) is 18.1 Å². The van der Waals surface area contributed by atoms with Crippen molar-refractivity contribution in [2.24, 2.45) is 0 Å². The van der Waals surface area contributed by atoms with Crippen LogP contribution in [0.15, 0.2) is 24.3 Å². The lowest BCUT2D eigenvalue weighted by Gasteiger charge is -2.22. The van der Waals surface area contributed by atoms with E-state index < -0.39 is 6.10 Å². The molecule has 3 rings (SSSR count). The van der Waals surface area contributed by atoms with Crippen LogP contribution < -0.4 is 10.2 Å². The molecule has 1 spiro atoms. The fraction of sp³-hybridized carbons (Fsp3) is 0.529. The lowest BCUT2D eigenvalue weighted by atomic mass is 9.80. The maximum atomic E-state index is 12.2. The Morgan fingerprint density at radius 2 is 2.22 bits per heavy atom. The number of carbonyl (C=O) groups excluding carboxylic acids is 2. The molecule has 0 radical (unpaired) electrons. The number of hydrogen-bond acceptors (Lipinski definition) is 4. The number of ether oxygens (including phenoxy) is 2. The van der Waals surface area contributed by atoms with E-state index in [4.69, 9.17) is 9.47 Å². The Bertz CT molecular complexity index is 618. The molecule has 2 atom stereocenters. The zero-order chi connectivity index (χ0) is 16.4. The smallest absolute Gasteiger partial charge is 0.249 e. The molecule has 0 saturated carbocycles. The van der Waals surface area contributed by atoms with Crippen LogP contribution in [0.4, 0.5) is 5.69 Å². The van der Waals surface area contributed by atoms with Crippen molar-refractivity contribution in [3.8, 4) is 0 Å². The van der Waals surface area contributed by atoms with Gasteiger partial charge in [0, 0.05) is 38.2 Å². The van der Waals surface area contributed by atoms with Crippen molar-refractivity contribution >= 4 is 17.5 Å². The predicted octanol–water partition coefficient (Wildman–Crippen LogP) is 0.842. The average Bonchev–Trinajstić information content (AvgIpc) is 3.11. The number of rotatable bonds is 4. The largest absolute Gasteiger partial charge is 0.383 e. The van der Waals surface area contributed by atoms with Crippen molar-refractivity contribution in [1.29, 1.82) is 0 Å². The van der Waals surface area contributed by atoms with Crippen LogP contribution in [0.2, 0.25) is 0 Å². The normalized spacial score (nSPS) is 25.7. The third-order valence-electron chi connectivity index (χ3n) is 4.64. The summed E-state index contributed by atoms with van der Waals surface area (Å²) >= 11 is 0. The molecule has 1 N–H and O–H groups in total. The third kappa shape index (κ3) is 2.84. The van der Waals surface area contributed by atoms with Crippen molar-refractivity contribution in [3.63, 3.8) is 0 Å². The van der Waals surface area contributed by atoms with Gasteiger partial charge in [0.1, 0.15) is 6.10 Å². The topological polar surface area (TPSA) is 67.9 Å². The molecule has 1 fully saturated rings. The highest BCUT2D eigenvalue weighted by Crippen LogP contribution is 2.47. The lowest BCUT2D eigenvalue weighted by molar-refractivity contribution is -0.130. The summed E-state index contributed by atoms with van der Waals surface area (Å²) in [6.45, 7) is 3.54. The van der Waals surface area contributed by atoms with Crippen molar-refractivity contribution in [1.82, 2.24) is 5.32 Å². The Morgan fingerprint density at radius 1 is 1.43 bits per heavy atom. The van der Waals surface area contributed by atoms with Gasteiger partial charge >= 0.3 is 0 Å². The summed E-state index contributed by atoms with van der Waals surface area (Å²) in [7, 11) is 1.60. The van der Waals surface area contributed by atoms with Gasteiger partial charge in [-0.25, -0.2) is 0 Å². The zero-order valence-electron chi connectivity index (χ0n) is 13.5. The first-order valence-electron chi connectivity index (χ1n) is 7.83. The number of nitrogens with zero attached hydrogens (tertiary/aromatic N) is 1. The standard InChI is InChI=1S/C17H22N2O4/c1-12(20)19-10-17(13-5-3-4-6-14(13)19)9-15(23-11-17)16(21)18-7-8-22-2/h3-6,15H,7-11H2,1-2H3,(H,18,21). The molecular formula is C17H22N2O4. The van der Waals surface area contributed by atoms with Gasteiger partial charge in [0.15, 0.2) is 0 Å². The quantitative estimate of drug-likeness (QED) is 0.836. The Morgan fingerprint density at radius 3 is 2.96 bits per heavy atom. The van der Waals surface area contributed by atoms with Crippen LogP contribution in [0, 0.1) is 0 Å². The summed E-state index contributed by atoms with van der Waals surface area (Å²) in [5, 5.41) is 2.82. The first-order valence-corrected chi connectivity index (χ1v) is 7.83. The molecule has 1 aromatic carbocycles. The lowest BCUT2D eigenvalue weighted by Crippen LogP contribution is -2.39. The minimum absolute atomic E-state index is 0.0160. The summed E-state index contributed by atoms with van der Waals surface area (Å²) in [5.74, 6) is -0.0972. The predicted molar refractivity (Wildman–Crippen MR) is 85.4 cm³/mol.